The number of nitrogens with zero attached hydrogens (tertiary/aromatic N) is 9. The van der Waals surface area contributed by atoms with Gasteiger partial charge in [-0.05, 0) is 119 Å². The minimum Gasteiger partial charge on any atom is -0.378 e. The predicted molar refractivity (Wildman–Crippen MR) is 367 cm³/mol. The number of hydrogen-bond acceptors (Lipinski definition) is 13. The molecular formula is C71H117ClN12O13. The Kier molecular flexibility index (Phi) is 29.3. The minimum atomic E-state index is -1.47. The van der Waals surface area contributed by atoms with Crippen LogP contribution in [0.1, 0.15) is 195 Å². The molecule has 97 heavy (non-hydrogen) atoms. The van der Waals surface area contributed by atoms with Crippen LogP contribution in [0.5, 0.6) is 0 Å². The number of rotatable bonds is 11. The van der Waals surface area contributed by atoms with Crippen LogP contribution in [-0.4, -0.2) is 270 Å². The highest BCUT2D eigenvalue weighted by molar-refractivity contribution is 6.20. The molecule has 7 aliphatic rings. The first-order valence-corrected chi connectivity index (χ1v) is 37.0. The van der Waals surface area contributed by atoms with Gasteiger partial charge in [0, 0.05) is 74.3 Å². The predicted octanol–water partition coefficient (Wildman–Crippen LogP) is 4.54. The third kappa shape index (κ3) is 20.3. The lowest BCUT2D eigenvalue weighted by atomic mass is 9.81. The van der Waals surface area contributed by atoms with Crippen LogP contribution in [0.15, 0.2) is 0 Å². The maximum atomic E-state index is 15.8. The fourth-order valence-corrected chi connectivity index (χ4v) is 16.3. The highest BCUT2D eigenvalue weighted by Crippen LogP contribution is 2.38. The molecular weight excluding hydrogens is 1260 g/mol. The van der Waals surface area contributed by atoms with Crippen molar-refractivity contribution in [2.75, 3.05) is 102 Å². The summed E-state index contributed by atoms with van der Waals surface area (Å²) in [4.78, 5) is 191. The van der Waals surface area contributed by atoms with Crippen LogP contribution in [0.25, 0.3) is 0 Å². The molecule has 0 aromatic rings. The van der Waals surface area contributed by atoms with E-state index in [1.165, 1.54) is 81.5 Å². The standard InChI is InChI=1S/C71H117ClN12O13/c1-12-47(4)61-68(94)78(7)44-59(87)76(5)45-60(88)80(9)55(41-49-22-15-13-16-23-49)66(92)77(6)43-57(85)73-52(32-29-48-27-30-51(72)31-28-48)65(91)84-35-21-26-53(84)64(90)75-71(33-19-20-34-71)70(96)82(11)62(50-24-17-14-18-25-50)69(95)81(10)56(67(93)83-36-38-97-39-37-83)42-58(86)79(8)54(40-46(2)3)63(89)74-61/h46-56,61-62H,12-45H2,1-11H3,(H,73,85)(H,74,89)(H,75,90)/t47-,48?,51?,52-,53-,54-,55-,56-,61-,62-/m0/s1. The van der Waals surface area contributed by atoms with Gasteiger partial charge in [-0.3, -0.25) is 57.5 Å². The summed E-state index contributed by atoms with van der Waals surface area (Å²) in [5, 5.41) is 9.15. The van der Waals surface area contributed by atoms with E-state index < -0.39 is 151 Å². The van der Waals surface area contributed by atoms with E-state index in [9.17, 15) is 28.8 Å². The van der Waals surface area contributed by atoms with E-state index >= 15 is 28.8 Å². The fraction of sp³-hybridized carbons (Fsp3) is 0.831. The largest absolute Gasteiger partial charge is 0.378 e. The van der Waals surface area contributed by atoms with E-state index in [1.54, 1.807) is 18.9 Å². The zero-order valence-electron chi connectivity index (χ0n) is 60.3. The van der Waals surface area contributed by atoms with Crippen LogP contribution >= 0.6 is 11.6 Å². The minimum absolute atomic E-state index is 0.0584. The molecule has 0 radical (unpaired) electrons. The van der Waals surface area contributed by atoms with Crippen LogP contribution in [0.2, 0.25) is 0 Å². The van der Waals surface area contributed by atoms with Crippen LogP contribution < -0.4 is 16.0 Å². The molecule has 1 spiro atoms. The summed E-state index contributed by atoms with van der Waals surface area (Å²) in [7, 11) is 10.4. The van der Waals surface area contributed by atoms with Crippen molar-refractivity contribution in [2.24, 2.45) is 29.6 Å². The summed E-state index contributed by atoms with van der Waals surface area (Å²) < 4.78 is 5.62. The maximum Gasteiger partial charge on any atom is 0.248 e. The van der Waals surface area contributed by atoms with Gasteiger partial charge in [-0.2, -0.15) is 0 Å². The molecule has 3 aliphatic heterocycles. The van der Waals surface area contributed by atoms with Crippen molar-refractivity contribution in [1.29, 1.82) is 0 Å². The van der Waals surface area contributed by atoms with Gasteiger partial charge in [-0.15, -0.1) is 11.6 Å². The summed E-state index contributed by atoms with van der Waals surface area (Å²) in [6, 6.07) is -7.98. The van der Waals surface area contributed by atoms with Crippen molar-refractivity contribution in [3.8, 4) is 0 Å². The van der Waals surface area contributed by atoms with Crippen LogP contribution in [-0.2, 0) is 62.3 Å². The van der Waals surface area contributed by atoms with Crippen molar-refractivity contribution >= 4 is 82.5 Å². The Bertz CT molecular complexity index is 2760. The molecule has 25 nitrogen and oxygen atoms in total. The van der Waals surface area contributed by atoms with E-state index in [2.05, 4.69) is 16.0 Å². The Morgan fingerprint density at radius 3 is 1.78 bits per heavy atom. The second-order valence-electron chi connectivity index (χ2n) is 30.1. The SMILES string of the molecule is CC[C@H](C)[C@@H]1NC(=O)[C@H](CC(C)C)N(C)C(=O)C[C@@H](C(=O)N2CCOCC2)N(C)C(=O)[C@H](C2CCCCC2)N(C)C(=O)C2(CCCC2)NC(=O)[C@@H]2CCCN2C(=O)[C@H](CCC2CCC(Cl)CC2)NC(=O)CN(C)C(=O)[C@H](CC2CCCCC2)N(C)C(=O)CN(C)C(=O)CN(C)C1=O. The molecule has 0 bridgehead atoms. The monoisotopic (exact) mass is 1380 g/mol. The van der Waals surface area contributed by atoms with Gasteiger partial charge in [-0.25, -0.2) is 0 Å². The van der Waals surface area contributed by atoms with Crippen LogP contribution in [0.4, 0.5) is 0 Å². The quantitative estimate of drug-likeness (QED) is 0.240. The Hall–Kier alpha value is -6.11. The average molecular weight is 1380 g/mol. The molecule has 0 aromatic heterocycles. The fourth-order valence-electron chi connectivity index (χ4n) is 16.1. The zero-order valence-corrected chi connectivity index (χ0v) is 61.0. The molecule has 3 N–H and O–H groups in total. The van der Waals surface area contributed by atoms with E-state index in [1.807, 2.05) is 20.8 Å². The smallest absolute Gasteiger partial charge is 0.248 e. The molecule has 4 saturated carbocycles. The Labute approximate surface area is 581 Å². The number of carbonyl (C=O) groups excluding carboxylic acids is 12. The first kappa shape index (κ1) is 78.2. The van der Waals surface area contributed by atoms with Gasteiger partial charge < -0.3 is 64.8 Å². The highest BCUT2D eigenvalue weighted by Gasteiger charge is 2.51. The first-order valence-electron chi connectivity index (χ1n) is 36.6. The molecule has 7 rings (SSSR count). The molecule has 7 fully saturated rings. The number of halogens is 1. The number of morpholine rings is 1. The van der Waals surface area contributed by atoms with Crippen molar-refractivity contribution in [2.45, 2.75) is 248 Å². The van der Waals surface area contributed by atoms with Gasteiger partial charge in [0.2, 0.25) is 70.9 Å². The van der Waals surface area contributed by atoms with Gasteiger partial charge in [0.25, 0.3) is 0 Å². The summed E-state index contributed by atoms with van der Waals surface area (Å²) in [5.74, 6) is -7.33. The summed E-state index contributed by atoms with van der Waals surface area (Å²) >= 11 is 6.53. The third-order valence-corrected chi connectivity index (χ3v) is 23.0. The molecule has 12 amide bonds. The van der Waals surface area contributed by atoms with Gasteiger partial charge in [-0.1, -0.05) is 98.3 Å². The normalized spacial score (nSPS) is 29.7. The average Bonchev–Trinajstić information content (AvgIpc) is 1.76. The second-order valence-corrected chi connectivity index (χ2v) is 30.7. The lowest BCUT2D eigenvalue weighted by Crippen LogP contribution is -2.65. The number of ether oxygens (including phenoxy) is 1. The number of fused-ring (bicyclic) bond motifs is 1. The number of nitrogens with one attached hydrogen (secondary N) is 3. The van der Waals surface area contributed by atoms with E-state index in [0.717, 1.165) is 77.0 Å². The maximum absolute atomic E-state index is 15.8. The molecule has 3 heterocycles. The zero-order chi connectivity index (χ0) is 71.0. The molecule has 4 aliphatic carbocycles. The summed E-state index contributed by atoms with van der Waals surface area (Å²) in [6.45, 7) is 7.07. The Balaban J connectivity index is 1.27. The highest BCUT2D eigenvalue weighted by atomic mass is 35.5. The van der Waals surface area contributed by atoms with Gasteiger partial charge in [0.1, 0.15) is 47.8 Å². The molecule has 546 valence electrons. The number of likely N-dealkylation sites (N-methyl/N-ethyl adjacent to an activating group) is 7. The van der Waals surface area contributed by atoms with Gasteiger partial charge in [0.15, 0.2) is 0 Å². The first-order chi connectivity index (χ1) is 46.1. The molecule has 3 saturated heterocycles. The third-order valence-electron chi connectivity index (χ3n) is 22.6. The van der Waals surface area contributed by atoms with Crippen molar-refractivity contribution in [3.63, 3.8) is 0 Å². The van der Waals surface area contributed by atoms with Gasteiger partial charge >= 0.3 is 0 Å². The number of carbonyl (C=O) groups is 12. The Morgan fingerprint density at radius 1 is 0.567 bits per heavy atom. The summed E-state index contributed by atoms with van der Waals surface area (Å²) in [6.07, 6.45) is 15.3. The number of amides is 12. The summed E-state index contributed by atoms with van der Waals surface area (Å²) in [5.41, 5.74) is -1.47. The van der Waals surface area contributed by atoms with Crippen molar-refractivity contribution in [3.05, 3.63) is 0 Å². The molecule has 8 atom stereocenters. The van der Waals surface area contributed by atoms with Gasteiger partial charge in [0.05, 0.1) is 39.3 Å². The van der Waals surface area contributed by atoms with E-state index in [4.69, 9.17) is 16.3 Å². The van der Waals surface area contributed by atoms with Crippen molar-refractivity contribution < 1.29 is 62.3 Å². The molecule has 26 heteroatoms. The topological polar surface area (TPSA) is 279 Å². The lowest BCUT2D eigenvalue weighted by molar-refractivity contribution is -0.158. The van der Waals surface area contributed by atoms with Crippen molar-refractivity contribution in [1.82, 2.24) is 60.0 Å². The second kappa shape index (κ2) is 36.3. The molecule has 0 unspecified atom stereocenters. The Morgan fingerprint density at radius 2 is 1.16 bits per heavy atom. The van der Waals surface area contributed by atoms with Crippen LogP contribution in [0, 0.1) is 29.6 Å². The van der Waals surface area contributed by atoms with E-state index in [-0.39, 0.29) is 94.0 Å². The number of hydrogen-bond donors (Lipinski definition) is 3. The van der Waals surface area contributed by atoms with E-state index in [0.29, 0.717) is 51.4 Å². The van der Waals surface area contributed by atoms with Crippen LogP contribution in [0.3, 0.4) is 0 Å². The lowest BCUT2D eigenvalue weighted by Gasteiger charge is -2.43. The molecule has 0 aromatic carbocycles. The number of alkyl halides is 1.